The van der Waals surface area contributed by atoms with Crippen LogP contribution in [0.3, 0.4) is 0 Å². The number of nitrogens with zero attached hydrogens (tertiary/aromatic N) is 4. The highest BCUT2D eigenvalue weighted by Gasteiger charge is 2.58. The van der Waals surface area contributed by atoms with E-state index in [2.05, 4.69) is 10.1 Å². The Morgan fingerprint density at radius 1 is 1.19 bits per heavy atom. The highest BCUT2D eigenvalue weighted by atomic mass is 32.1. The Morgan fingerprint density at radius 3 is 2.74 bits per heavy atom. The number of carbonyl (C=O) groups is 2. The third-order valence-electron chi connectivity index (χ3n) is 4.95. The minimum absolute atomic E-state index is 0.0456. The van der Waals surface area contributed by atoms with E-state index in [0.717, 1.165) is 0 Å². The molecule has 0 bridgehead atoms. The second-order valence-electron chi connectivity index (χ2n) is 6.35. The standard InChI is InChI=1S/C18H12N4O4S/c23-13-7-8-18(17(25)26)21(13)11-5-2-1-4-10(11)15-19-16(24)14(20-22(15)18)12-6-3-9-27-12/h1-6,9H,7-8H2,(H,25,26). The van der Waals surface area contributed by atoms with Crippen molar-refractivity contribution in [1.82, 2.24) is 14.8 Å². The summed E-state index contributed by atoms with van der Waals surface area (Å²) in [6.45, 7) is 0. The summed E-state index contributed by atoms with van der Waals surface area (Å²) in [6.07, 6.45) is 0.117. The summed E-state index contributed by atoms with van der Waals surface area (Å²) in [7, 11) is 0. The van der Waals surface area contributed by atoms with Crippen molar-refractivity contribution in [3.63, 3.8) is 0 Å². The molecular formula is C18H12N4O4S. The minimum Gasteiger partial charge on any atom is -0.478 e. The van der Waals surface area contributed by atoms with E-state index in [9.17, 15) is 19.5 Å². The number of para-hydroxylation sites is 1. The Morgan fingerprint density at radius 2 is 2.00 bits per heavy atom. The van der Waals surface area contributed by atoms with Crippen LogP contribution in [0.1, 0.15) is 12.8 Å². The van der Waals surface area contributed by atoms with Crippen molar-refractivity contribution in [2.24, 2.45) is 0 Å². The Bertz CT molecular complexity index is 1170. The number of carboxylic acids is 1. The van der Waals surface area contributed by atoms with Gasteiger partial charge in [0, 0.05) is 18.4 Å². The van der Waals surface area contributed by atoms with Gasteiger partial charge in [-0.3, -0.25) is 14.5 Å². The largest absolute Gasteiger partial charge is 0.478 e. The molecule has 1 atom stereocenters. The highest BCUT2D eigenvalue weighted by Crippen LogP contribution is 2.47. The van der Waals surface area contributed by atoms with Crippen molar-refractivity contribution in [1.29, 1.82) is 0 Å². The van der Waals surface area contributed by atoms with Gasteiger partial charge in [0.2, 0.25) is 11.6 Å². The maximum absolute atomic E-state index is 12.6. The average Bonchev–Trinajstić information content (AvgIpc) is 3.30. The summed E-state index contributed by atoms with van der Waals surface area (Å²) >= 11 is 1.32. The molecule has 1 aromatic carbocycles. The number of fused-ring (bicyclic) bond motifs is 6. The molecule has 0 aliphatic carbocycles. The number of aromatic nitrogens is 3. The van der Waals surface area contributed by atoms with E-state index >= 15 is 0 Å². The maximum Gasteiger partial charge on any atom is 0.353 e. The third kappa shape index (κ3) is 1.94. The van der Waals surface area contributed by atoms with Crippen molar-refractivity contribution < 1.29 is 14.7 Å². The number of anilines is 1. The molecule has 4 heterocycles. The summed E-state index contributed by atoms with van der Waals surface area (Å²) in [6, 6.07) is 10.3. The number of carboxylic acid groups (broad SMARTS) is 1. The van der Waals surface area contributed by atoms with E-state index in [4.69, 9.17) is 0 Å². The first-order valence-corrected chi connectivity index (χ1v) is 9.13. The predicted molar refractivity (Wildman–Crippen MR) is 97.4 cm³/mol. The van der Waals surface area contributed by atoms with Crippen molar-refractivity contribution in [3.05, 3.63) is 52.1 Å². The van der Waals surface area contributed by atoms with Crippen molar-refractivity contribution >= 4 is 28.9 Å². The van der Waals surface area contributed by atoms with Crippen LogP contribution in [-0.4, -0.2) is 31.7 Å². The zero-order valence-electron chi connectivity index (χ0n) is 13.8. The smallest absolute Gasteiger partial charge is 0.353 e. The molecule has 1 unspecified atom stereocenters. The Labute approximate surface area is 156 Å². The van der Waals surface area contributed by atoms with E-state index in [1.807, 2.05) is 0 Å². The van der Waals surface area contributed by atoms with Crippen LogP contribution in [-0.2, 0) is 15.3 Å². The van der Waals surface area contributed by atoms with Crippen molar-refractivity contribution in [2.45, 2.75) is 18.5 Å². The van der Waals surface area contributed by atoms with Gasteiger partial charge in [0.25, 0.3) is 0 Å². The lowest BCUT2D eigenvalue weighted by atomic mass is 10.00. The van der Waals surface area contributed by atoms with Crippen LogP contribution in [0.5, 0.6) is 0 Å². The molecule has 3 aromatic rings. The summed E-state index contributed by atoms with van der Waals surface area (Å²) in [5.41, 5.74) is -1.25. The zero-order chi connectivity index (χ0) is 18.8. The number of hydrogen-bond acceptors (Lipinski definition) is 6. The van der Waals surface area contributed by atoms with Crippen LogP contribution < -0.4 is 10.5 Å². The number of amides is 1. The van der Waals surface area contributed by atoms with Gasteiger partial charge in [-0.25, -0.2) is 9.48 Å². The quantitative estimate of drug-likeness (QED) is 0.728. The molecule has 27 heavy (non-hydrogen) atoms. The topological polar surface area (TPSA) is 105 Å². The first-order chi connectivity index (χ1) is 13.0. The van der Waals surface area contributed by atoms with Gasteiger partial charge in [0.15, 0.2) is 11.5 Å². The molecule has 1 saturated heterocycles. The van der Waals surface area contributed by atoms with Crippen LogP contribution in [0.2, 0.25) is 0 Å². The minimum atomic E-state index is -1.73. The molecule has 1 N–H and O–H groups in total. The number of rotatable bonds is 2. The second-order valence-corrected chi connectivity index (χ2v) is 7.29. The summed E-state index contributed by atoms with van der Waals surface area (Å²) < 4.78 is 1.24. The van der Waals surface area contributed by atoms with Gasteiger partial charge in [0.05, 0.1) is 10.6 Å². The van der Waals surface area contributed by atoms with Gasteiger partial charge in [-0.05, 0) is 23.6 Å². The zero-order valence-corrected chi connectivity index (χ0v) is 14.6. The van der Waals surface area contributed by atoms with Crippen molar-refractivity contribution in [2.75, 3.05) is 4.90 Å². The van der Waals surface area contributed by atoms with Crippen LogP contribution >= 0.6 is 11.3 Å². The molecule has 2 aromatic heterocycles. The Balaban J connectivity index is 1.91. The van der Waals surface area contributed by atoms with Crippen molar-refractivity contribution in [3.8, 4) is 22.0 Å². The van der Waals surface area contributed by atoms with E-state index in [1.165, 1.54) is 20.9 Å². The molecule has 0 saturated carbocycles. The van der Waals surface area contributed by atoms with Gasteiger partial charge in [-0.2, -0.15) is 10.1 Å². The predicted octanol–water partition coefficient (Wildman–Crippen LogP) is 1.91. The molecule has 134 valence electrons. The van der Waals surface area contributed by atoms with E-state index in [-0.39, 0.29) is 30.3 Å². The van der Waals surface area contributed by atoms with Gasteiger partial charge < -0.3 is 5.11 Å². The first-order valence-electron chi connectivity index (χ1n) is 8.25. The number of aliphatic carboxylic acids is 1. The number of thiophene rings is 1. The fraction of sp³-hybridized carbons (Fsp3) is 0.167. The van der Waals surface area contributed by atoms with Crippen LogP contribution in [0.4, 0.5) is 5.69 Å². The fourth-order valence-electron chi connectivity index (χ4n) is 3.78. The first kappa shape index (κ1) is 15.9. The molecule has 0 spiro atoms. The lowest BCUT2D eigenvalue weighted by molar-refractivity contribution is -0.148. The Hall–Kier alpha value is -3.33. The fourth-order valence-corrected chi connectivity index (χ4v) is 4.48. The lowest BCUT2D eigenvalue weighted by Crippen LogP contribution is -2.58. The van der Waals surface area contributed by atoms with Crippen LogP contribution in [0.15, 0.2) is 46.6 Å². The van der Waals surface area contributed by atoms with Gasteiger partial charge in [-0.1, -0.05) is 18.2 Å². The normalized spacial score (nSPS) is 20.1. The molecule has 2 aliphatic heterocycles. The summed E-state index contributed by atoms with van der Waals surface area (Å²) in [5, 5.41) is 16.3. The molecule has 9 heteroatoms. The molecule has 2 aliphatic rings. The Kier molecular flexibility index (Phi) is 3.14. The summed E-state index contributed by atoms with van der Waals surface area (Å²) in [5.74, 6) is -1.35. The highest BCUT2D eigenvalue weighted by molar-refractivity contribution is 7.13. The number of hydrogen-bond donors (Lipinski definition) is 1. The summed E-state index contributed by atoms with van der Waals surface area (Å²) in [4.78, 5) is 43.7. The van der Waals surface area contributed by atoms with Gasteiger partial charge in [-0.15, -0.1) is 11.3 Å². The molecule has 1 amide bonds. The molecular weight excluding hydrogens is 368 g/mol. The van der Waals surface area contributed by atoms with Crippen LogP contribution in [0, 0.1) is 0 Å². The second kappa shape index (κ2) is 5.34. The monoisotopic (exact) mass is 380 g/mol. The molecule has 8 nitrogen and oxygen atoms in total. The number of carbonyl (C=O) groups excluding carboxylic acids is 1. The van der Waals surface area contributed by atoms with Gasteiger partial charge in [0.1, 0.15) is 0 Å². The lowest BCUT2D eigenvalue weighted by Gasteiger charge is -2.41. The van der Waals surface area contributed by atoms with E-state index in [1.54, 1.807) is 41.8 Å². The van der Waals surface area contributed by atoms with E-state index < -0.39 is 17.2 Å². The SMILES string of the molecule is O=C1CCC2(C(=O)O)N1c1ccccc1-c1nc(=O)c(-c3cccs3)nn12. The average molecular weight is 380 g/mol. The van der Waals surface area contributed by atoms with Crippen LogP contribution in [0.25, 0.3) is 22.0 Å². The third-order valence-corrected chi connectivity index (χ3v) is 5.83. The van der Waals surface area contributed by atoms with E-state index in [0.29, 0.717) is 16.1 Å². The molecule has 1 fully saturated rings. The maximum atomic E-state index is 12.6. The van der Waals surface area contributed by atoms with Gasteiger partial charge >= 0.3 is 11.5 Å². The molecule has 0 radical (unpaired) electrons. The molecule has 5 rings (SSSR count). The number of benzene rings is 1.